The number of carbonyl (C=O) groups excluding carboxylic acids is 1. The number of aromatic nitrogens is 4. The van der Waals surface area contributed by atoms with Crippen molar-refractivity contribution < 1.29 is 4.79 Å². The Bertz CT molecular complexity index is 1130. The molecule has 1 N–H and O–H groups in total. The van der Waals surface area contributed by atoms with Crippen LogP contribution in [0.5, 0.6) is 0 Å². The number of hydrogen-bond donors (Lipinski definition) is 1. The summed E-state index contributed by atoms with van der Waals surface area (Å²) in [5, 5.41) is 0.972. The van der Waals surface area contributed by atoms with E-state index >= 15 is 0 Å². The van der Waals surface area contributed by atoms with E-state index in [2.05, 4.69) is 26.0 Å². The number of anilines is 1. The highest BCUT2D eigenvalue weighted by Gasteiger charge is 2.21. The van der Waals surface area contributed by atoms with Crippen molar-refractivity contribution in [2.75, 3.05) is 11.4 Å². The number of pyridine rings is 1. The minimum absolute atomic E-state index is 0.202. The molecule has 4 aromatic rings. The van der Waals surface area contributed by atoms with E-state index in [1.807, 2.05) is 54.0 Å². The van der Waals surface area contributed by atoms with Gasteiger partial charge in [-0.05, 0) is 30.2 Å². The van der Waals surface area contributed by atoms with E-state index in [0.29, 0.717) is 6.42 Å². The van der Waals surface area contributed by atoms with Crippen LogP contribution in [0.3, 0.4) is 0 Å². The lowest BCUT2D eigenvalue weighted by molar-refractivity contribution is -0.117. The Hall–Kier alpha value is -3.54. The second kappa shape index (κ2) is 6.32. The standard InChI is InChI=1S/C21H17N5O/c27-20-2-1-7-26(20)17-5-3-14(4-6-17)15-8-16(10-22-9-15)18-12-24-21-19(18)11-23-13-25-21/h3-6,8-13H,1-2,7H2,(H,23,24,25). The molecule has 0 bridgehead atoms. The maximum atomic E-state index is 11.9. The molecule has 27 heavy (non-hydrogen) atoms. The maximum absolute atomic E-state index is 11.9. The summed E-state index contributed by atoms with van der Waals surface area (Å²) in [5.74, 6) is 0.202. The summed E-state index contributed by atoms with van der Waals surface area (Å²) in [6.45, 7) is 0.803. The lowest BCUT2D eigenvalue weighted by Crippen LogP contribution is -2.23. The highest BCUT2D eigenvalue weighted by Crippen LogP contribution is 2.31. The van der Waals surface area contributed by atoms with Gasteiger partial charge in [-0.25, -0.2) is 9.97 Å². The highest BCUT2D eigenvalue weighted by molar-refractivity contribution is 5.96. The average molecular weight is 355 g/mol. The van der Waals surface area contributed by atoms with E-state index in [1.54, 1.807) is 0 Å². The van der Waals surface area contributed by atoms with E-state index in [0.717, 1.165) is 51.9 Å². The zero-order chi connectivity index (χ0) is 18.2. The van der Waals surface area contributed by atoms with Gasteiger partial charge in [-0.3, -0.25) is 9.78 Å². The van der Waals surface area contributed by atoms with Gasteiger partial charge in [-0.1, -0.05) is 12.1 Å². The summed E-state index contributed by atoms with van der Waals surface area (Å²) < 4.78 is 0. The van der Waals surface area contributed by atoms with E-state index < -0.39 is 0 Å². The zero-order valence-electron chi connectivity index (χ0n) is 14.6. The van der Waals surface area contributed by atoms with Gasteiger partial charge >= 0.3 is 0 Å². The molecule has 3 aromatic heterocycles. The molecule has 0 unspecified atom stereocenters. The van der Waals surface area contributed by atoms with E-state index in [1.165, 1.54) is 6.33 Å². The first-order valence-electron chi connectivity index (χ1n) is 8.93. The summed E-state index contributed by atoms with van der Waals surface area (Å²) in [4.78, 5) is 29.7. The fraction of sp³-hybridized carbons (Fsp3) is 0.143. The van der Waals surface area contributed by atoms with E-state index in [-0.39, 0.29) is 5.91 Å². The minimum atomic E-state index is 0.202. The SMILES string of the molecule is O=C1CCCN1c1ccc(-c2cncc(-c3c[nH]c4ncncc34)c2)cc1. The van der Waals surface area contributed by atoms with Crippen LogP contribution in [0.25, 0.3) is 33.3 Å². The number of fused-ring (bicyclic) bond motifs is 1. The Morgan fingerprint density at radius 2 is 1.81 bits per heavy atom. The summed E-state index contributed by atoms with van der Waals surface area (Å²) in [6.07, 6.45) is 10.5. The first-order chi connectivity index (χ1) is 13.3. The number of carbonyl (C=O) groups is 1. The lowest BCUT2D eigenvalue weighted by atomic mass is 10.0. The third kappa shape index (κ3) is 2.75. The number of nitrogens with zero attached hydrogens (tertiary/aromatic N) is 4. The molecule has 132 valence electrons. The van der Waals surface area contributed by atoms with Crippen LogP contribution < -0.4 is 4.90 Å². The quantitative estimate of drug-likeness (QED) is 0.606. The molecule has 0 atom stereocenters. The average Bonchev–Trinajstić information content (AvgIpc) is 3.34. The largest absolute Gasteiger partial charge is 0.345 e. The Morgan fingerprint density at radius 1 is 0.963 bits per heavy atom. The van der Waals surface area contributed by atoms with Crippen LogP contribution in [0, 0.1) is 0 Å². The third-order valence-electron chi connectivity index (χ3n) is 4.99. The van der Waals surface area contributed by atoms with Crippen molar-refractivity contribution in [1.82, 2.24) is 19.9 Å². The van der Waals surface area contributed by atoms with Crippen LogP contribution in [0.4, 0.5) is 5.69 Å². The van der Waals surface area contributed by atoms with Gasteiger partial charge < -0.3 is 9.88 Å². The summed E-state index contributed by atoms with van der Waals surface area (Å²) >= 11 is 0. The van der Waals surface area contributed by atoms with Crippen molar-refractivity contribution in [2.24, 2.45) is 0 Å². The molecular formula is C21H17N5O. The van der Waals surface area contributed by atoms with Gasteiger partial charge in [0.25, 0.3) is 0 Å². The molecular weight excluding hydrogens is 338 g/mol. The van der Waals surface area contributed by atoms with Gasteiger partial charge in [0.05, 0.1) is 0 Å². The smallest absolute Gasteiger partial charge is 0.227 e. The first kappa shape index (κ1) is 15.7. The molecule has 4 heterocycles. The van der Waals surface area contributed by atoms with Gasteiger partial charge in [0.15, 0.2) is 0 Å². The zero-order valence-corrected chi connectivity index (χ0v) is 14.6. The van der Waals surface area contributed by atoms with E-state index in [9.17, 15) is 4.79 Å². The third-order valence-corrected chi connectivity index (χ3v) is 4.99. The summed E-state index contributed by atoms with van der Waals surface area (Å²) in [6, 6.07) is 10.2. The second-order valence-electron chi connectivity index (χ2n) is 6.65. The summed E-state index contributed by atoms with van der Waals surface area (Å²) in [7, 11) is 0. The Labute approximate surface area is 155 Å². The number of aromatic amines is 1. The maximum Gasteiger partial charge on any atom is 0.227 e. The topological polar surface area (TPSA) is 74.8 Å². The van der Waals surface area contributed by atoms with Crippen LogP contribution in [-0.4, -0.2) is 32.4 Å². The molecule has 6 nitrogen and oxygen atoms in total. The van der Waals surface area contributed by atoms with Crippen LogP contribution in [0.2, 0.25) is 0 Å². The Balaban J connectivity index is 1.49. The van der Waals surface area contributed by atoms with Crippen molar-refractivity contribution in [3.8, 4) is 22.3 Å². The van der Waals surface area contributed by atoms with E-state index in [4.69, 9.17) is 0 Å². The molecule has 0 radical (unpaired) electrons. The number of benzene rings is 1. The molecule has 1 aromatic carbocycles. The molecule has 6 heteroatoms. The molecule has 1 aliphatic heterocycles. The molecule has 1 amide bonds. The van der Waals surface area contributed by atoms with Gasteiger partial charge in [0, 0.05) is 65.5 Å². The van der Waals surface area contributed by atoms with Crippen molar-refractivity contribution in [2.45, 2.75) is 12.8 Å². The van der Waals surface area contributed by atoms with Crippen LogP contribution in [0.1, 0.15) is 12.8 Å². The van der Waals surface area contributed by atoms with Crippen LogP contribution >= 0.6 is 0 Å². The molecule has 1 aliphatic rings. The predicted octanol–water partition coefficient (Wildman–Crippen LogP) is 3.81. The van der Waals surface area contributed by atoms with Crippen LogP contribution in [0.15, 0.2) is 61.4 Å². The highest BCUT2D eigenvalue weighted by atomic mass is 16.2. The molecule has 1 fully saturated rings. The van der Waals surface area contributed by atoms with Crippen molar-refractivity contribution in [3.05, 3.63) is 61.4 Å². The van der Waals surface area contributed by atoms with Crippen molar-refractivity contribution in [1.29, 1.82) is 0 Å². The normalized spacial score (nSPS) is 14.2. The van der Waals surface area contributed by atoms with Gasteiger partial charge in [0.2, 0.25) is 5.91 Å². The van der Waals surface area contributed by atoms with Crippen molar-refractivity contribution >= 4 is 22.6 Å². The molecule has 0 aliphatic carbocycles. The van der Waals surface area contributed by atoms with Gasteiger partial charge in [-0.2, -0.15) is 0 Å². The Kier molecular flexibility index (Phi) is 3.67. The van der Waals surface area contributed by atoms with Crippen molar-refractivity contribution in [3.63, 3.8) is 0 Å². The minimum Gasteiger partial charge on any atom is -0.345 e. The lowest BCUT2D eigenvalue weighted by Gasteiger charge is -2.16. The van der Waals surface area contributed by atoms with Gasteiger partial charge in [-0.15, -0.1) is 0 Å². The molecule has 1 saturated heterocycles. The first-order valence-corrected chi connectivity index (χ1v) is 8.93. The monoisotopic (exact) mass is 355 g/mol. The molecule has 0 spiro atoms. The number of hydrogen-bond acceptors (Lipinski definition) is 4. The molecule has 5 rings (SSSR count). The predicted molar refractivity (Wildman–Crippen MR) is 104 cm³/mol. The number of amides is 1. The number of nitrogens with one attached hydrogen (secondary N) is 1. The fourth-order valence-corrected chi connectivity index (χ4v) is 3.60. The Morgan fingerprint density at radius 3 is 2.63 bits per heavy atom. The number of H-pyrrole nitrogens is 1. The van der Waals surface area contributed by atoms with Gasteiger partial charge in [0.1, 0.15) is 12.0 Å². The number of rotatable bonds is 3. The fourth-order valence-electron chi connectivity index (χ4n) is 3.60. The second-order valence-corrected chi connectivity index (χ2v) is 6.65. The summed E-state index contributed by atoms with van der Waals surface area (Å²) in [5.41, 5.74) is 5.89. The van der Waals surface area contributed by atoms with Crippen LogP contribution in [-0.2, 0) is 4.79 Å². The molecule has 0 saturated carbocycles.